The Morgan fingerprint density at radius 2 is 1.84 bits per heavy atom. The molecule has 0 aliphatic rings. The molecule has 0 aliphatic heterocycles. The van der Waals surface area contributed by atoms with Gasteiger partial charge < -0.3 is 10.2 Å². The number of hydrogen-bond acceptors (Lipinski definition) is 3. The first kappa shape index (κ1) is 21.7. The zero-order valence-electron chi connectivity index (χ0n) is 15.3. The summed E-state index contributed by atoms with van der Waals surface area (Å²) in [5, 5.41) is 6.72. The molecule has 2 unspecified atom stereocenters. The maximum atomic E-state index is 12.2. The molecule has 0 saturated carbocycles. The van der Waals surface area contributed by atoms with Gasteiger partial charge in [0.15, 0.2) is 0 Å². The van der Waals surface area contributed by atoms with Crippen LogP contribution in [0.15, 0.2) is 47.8 Å². The summed E-state index contributed by atoms with van der Waals surface area (Å²) in [6, 6.07) is 15.4. The molecule has 0 radical (unpaired) electrons. The van der Waals surface area contributed by atoms with Gasteiger partial charge in [-0.05, 0) is 49.8 Å². The van der Waals surface area contributed by atoms with E-state index in [1.165, 1.54) is 5.56 Å². The molecule has 1 aromatic heterocycles. The lowest BCUT2D eigenvalue weighted by molar-refractivity contribution is -0.118. The fourth-order valence-corrected chi connectivity index (χ4v) is 3.66. The van der Waals surface area contributed by atoms with Gasteiger partial charge >= 0.3 is 0 Å². The molecule has 0 fully saturated rings. The van der Waals surface area contributed by atoms with Crippen LogP contribution in [0.1, 0.15) is 39.2 Å². The predicted octanol–water partition coefficient (Wildman–Crippen LogP) is 4.91. The normalized spacial score (nSPS) is 12.9. The number of nitrogens with zero attached hydrogens (tertiary/aromatic N) is 1. The minimum Gasteiger partial charge on any atom is -0.311 e. The minimum atomic E-state index is 0. The highest BCUT2D eigenvalue weighted by Crippen LogP contribution is 2.22. The quantitative estimate of drug-likeness (QED) is 0.670. The van der Waals surface area contributed by atoms with Gasteiger partial charge in [0.25, 0.3) is 0 Å². The number of amides is 1. The molecule has 138 valence electrons. The second-order valence-corrected chi connectivity index (χ2v) is 7.22. The lowest BCUT2D eigenvalue weighted by atomic mass is 10.1. The maximum Gasteiger partial charge on any atom is 0.227 e. The third kappa shape index (κ3) is 7.18. The Bertz CT molecular complexity index is 603. The molecule has 25 heavy (non-hydrogen) atoms. The van der Waals surface area contributed by atoms with E-state index in [1.807, 2.05) is 35.4 Å². The highest BCUT2D eigenvalue weighted by Gasteiger charge is 2.16. The van der Waals surface area contributed by atoms with Gasteiger partial charge in [-0.15, -0.1) is 23.7 Å². The number of nitrogens with one attached hydrogen (secondary N) is 1. The number of thiophene rings is 1. The van der Waals surface area contributed by atoms with Crippen molar-refractivity contribution in [1.29, 1.82) is 0 Å². The fraction of sp³-hybridized carbons (Fsp3) is 0.450. The van der Waals surface area contributed by atoms with Gasteiger partial charge in [0.05, 0.1) is 5.00 Å². The lowest BCUT2D eigenvalue weighted by Gasteiger charge is -2.25. The average Bonchev–Trinajstić information content (AvgIpc) is 3.09. The number of hydrogen-bond donors (Lipinski definition) is 1. The summed E-state index contributed by atoms with van der Waals surface area (Å²) in [4.78, 5) is 14.1. The summed E-state index contributed by atoms with van der Waals surface area (Å²) in [7, 11) is 0. The molecule has 1 N–H and O–H groups in total. The predicted molar refractivity (Wildman–Crippen MR) is 111 cm³/mol. The van der Waals surface area contributed by atoms with E-state index in [2.05, 4.69) is 43.4 Å². The van der Waals surface area contributed by atoms with Crippen molar-refractivity contribution in [1.82, 2.24) is 5.32 Å². The molecule has 2 atom stereocenters. The third-order valence-electron chi connectivity index (χ3n) is 4.12. The van der Waals surface area contributed by atoms with Crippen molar-refractivity contribution in [3.05, 3.63) is 53.4 Å². The Balaban J connectivity index is 0.00000312. The Morgan fingerprint density at radius 3 is 2.44 bits per heavy atom. The first-order chi connectivity index (χ1) is 11.6. The van der Waals surface area contributed by atoms with E-state index >= 15 is 0 Å². The third-order valence-corrected chi connectivity index (χ3v) is 5.01. The standard InChI is InChI=1S/C20H28N2OS.ClH/c1-4-19(23)22(20-11-8-14-24-20)13-12-16(2)21-17(3)15-18-9-6-5-7-10-18;/h5-11,14,16-17,21H,4,12-13,15H2,1-3H3;1H. The molecule has 1 aromatic carbocycles. The largest absolute Gasteiger partial charge is 0.311 e. The van der Waals surface area contributed by atoms with Gasteiger partial charge in [-0.25, -0.2) is 0 Å². The summed E-state index contributed by atoms with van der Waals surface area (Å²) in [6.07, 6.45) is 2.51. The van der Waals surface area contributed by atoms with Crippen LogP contribution in [-0.2, 0) is 11.2 Å². The average molecular weight is 381 g/mol. The first-order valence-corrected chi connectivity index (χ1v) is 9.62. The molecule has 1 amide bonds. The van der Waals surface area contributed by atoms with Crippen LogP contribution in [0.2, 0.25) is 0 Å². The molecule has 0 aliphatic carbocycles. The molecule has 1 heterocycles. The second kappa shape index (κ2) is 11.3. The van der Waals surface area contributed by atoms with Gasteiger partial charge in [0.2, 0.25) is 5.91 Å². The Morgan fingerprint density at radius 1 is 1.12 bits per heavy atom. The summed E-state index contributed by atoms with van der Waals surface area (Å²) < 4.78 is 0. The topological polar surface area (TPSA) is 32.3 Å². The number of rotatable bonds is 9. The van der Waals surface area contributed by atoms with E-state index in [-0.39, 0.29) is 18.3 Å². The summed E-state index contributed by atoms with van der Waals surface area (Å²) in [5.41, 5.74) is 1.35. The van der Waals surface area contributed by atoms with Crippen molar-refractivity contribution in [2.75, 3.05) is 11.4 Å². The zero-order chi connectivity index (χ0) is 17.4. The highest BCUT2D eigenvalue weighted by atomic mass is 35.5. The molecule has 2 rings (SSSR count). The fourth-order valence-electron chi connectivity index (χ4n) is 2.89. The Hall–Kier alpha value is -1.36. The smallest absolute Gasteiger partial charge is 0.227 e. The Labute approximate surface area is 161 Å². The molecule has 3 nitrogen and oxygen atoms in total. The molecular formula is C20H29ClN2OS. The van der Waals surface area contributed by atoms with E-state index in [9.17, 15) is 4.79 Å². The second-order valence-electron chi connectivity index (χ2n) is 6.30. The van der Waals surface area contributed by atoms with Crippen molar-refractivity contribution in [3.63, 3.8) is 0 Å². The van der Waals surface area contributed by atoms with Crippen LogP contribution in [0.3, 0.4) is 0 Å². The van der Waals surface area contributed by atoms with Crippen LogP contribution in [0, 0.1) is 0 Å². The summed E-state index contributed by atoms with van der Waals surface area (Å²) in [5.74, 6) is 0.196. The van der Waals surface area contributed by atoms with E-state index < -0.39 is 0 Å². The van der Waals surface area contributed by atoms with Crippen molar-refractivity contribution in [3.8, 4) is 0 Å². The monoisotopic (exact) mass is 380 g/mol. The summed E-state index contributed by atoms with van der Waals surface area (Å²) in [6.45, 7) is 7.11. The van der Waals surface area contributed by atoms with Crippen molar-refractivity contribution < 1.29 is 4.79 Å². The zero-order valence-corrected chi connectivity index (χ0v) is 16.9. The number of benzene rings is 1. The molecule has 0 bridgehead atoms. The maximum absolute atomic E-state index is 12.2. The Kier molecular flexibility index (Phi) is 9.79. The number of carbonyl (C=O) groups is 1. The van der Waals surface area contributed by atoms with Gasteiger partial charge in [-0.1, -0.05) is 37.3 Å². The molecule has 5 heteroatoms. The SMILES string of the molecule is CCC(=O)N(CCC(C)NC(C)Cc1ccccc1)c1cccs1.Cl. The number of carbonyl (C=O) groups excluding carboxylic acids is 1. The number of anilines is 1. The lowest BCUT2D eigenvalue weighted by Crippen LogP contribution is -2.39. The molecular weight excluding hydrogens is 352 g/mol. The van der Waals surface area contributed by atoms with Crippen LogP contribution >= 0.6 is 23.7 Å². The van der Waals surface area contributed by atoms with Gasteiger partial charge in [0, 0.05) is 25.0 Å². The van der Waals surface area contributed by atoms with Crippen LogP contribution in [0.25, 0.3) is 0 Å². The van der Waals surface area contributed by atoms with Gasteiger partial charge in [0.1, 0.15) is 0 Å². The van der Waals surface area contributed by atoms with Crippen molar-refractivity contribution in [2.24, 2.45) is 0 Å². The van der Waals surface area contributed by atoms with E-state index in [4.69, 9.17) is 0 Å². The first-order valence-electron chi connectivity index (χ1n) is 8.74. The van der Waals surface area contributed by atoms with Gasteiger partial charge in [-0.3, -0.25) is 4.79 Å². The number of halogens is 1. The van der Waals surface area contributed by atoms with E-state index in [0.717, 1.165) is 24.4 Å². The molecule has 2 aromatic rings. The van der Waals surface area contributed by atoms with Crippen molar-refractivity contribution in [2.45, 2.75) is 52.1 Å². The highest BCUT2D eigenvalue weighted by molar-refractivity contribution is 7.14. The molecule has 0 spiro atoms. The summed E-state index contributed by atoms with van der Waals surface area (Å²) >= 11 is 1.63. The van der Waals surface area contributed by atoms with Crippen LogP contribution in [0.5, 0.6) is 0 Å². The van der Waals surface area contributed by atoms with Gasteiger partial charge in [-0.2, -0.15) is 0 Å². The van der Waals surface area contributed by atoms with E-state index in [1.54, 1.807) is 11.3 Å². The van der Waals surface area contributed by atoms with E-state index in [0.29, 0.717) is 18.5 Å². The van der Waals surface area contributed by atoms with Crippen LogP contribution < -0.4 is 10.2 Å². The van der Waals surface area contributed by atoms with Crippen LogP contribution in [-0.4, -0.2) is 24.5 Å². The minimum absolute atomic E-state index is 0. The van der Waals surface area contributed by atoms with Crippen LogP contribution in [0.4, 0.5) is 5.00 Å². The molecule has 0 saturated heterocycles. The van der Waals surface area contributed by atoms with Crippen molar-refractivity contribution >= 4 is 34.7 Å².